The van der Waals surface area contributed by atoms with Crippen LogP contribution in [0, 0.1) is 0 Å². The topological polar surface area (TPSA) is 79.4 Å². The van der Waals surface area contributed by atoms with Gasteiger partial charge >= 0.3 is 0 Å². The van der Waals surface area contributed by atoms with E-state index in [2.05, 4.69) is 15.2 Å². The fourth-order valence-electron chi connectivity index (χ4n) is 3.12. The summed E-state index contributed by atoms with van der Waals surface area (Å²) in [5.74, 6) is -0.529. The Kier molecular flexibility index (Phi) is 4.94. The summed E-state index contributed by atoms with van der Waals surface area (Å²) in [4.78, 5) is 18.8. The Hall–Kier alpha value is -2.15. The number of hydrogen-bond donors (Lipinski definition) is 1. The molecule has 7 heteroatoms. The number of carbonyl (C=O) groups is 1. The van der Waals surface area contributed by atoms with Crippen molar-refractivity contribution < 1.29 is 13.2 Å². The molecule has 0 bridgehead atoms. The van der Waals surface area contributed by atoms with E-state index in [9.17, 15) is 13.2 Å². The van der Waals surface area contributed by atoms with E-state index < -0.39 is 21.0 Å². The van der Waals surface area contributed by atoms with E-state index >= 15 is 0 Å². The molecule has 1 amide bonds. The fraction of sp³-hybridized carbons (Fsp3) is 0.444. The SMILES string of the molecule is C[C@@H](C(=O)Nc1ccc(N2CCCCC2)c2ccncc12)S(C)(=O)=O. The van der Waals surface area contributed by atoms with Gasteiger partial charge in [-0.2, -0.15) is 0 Å². The molecule has 0 spiro atoms. The first-order valence-electron chi connectivity index (χ1n) is 8.49. The van der Waals surface area contributed by atoms with Gasteiger partial charge in [-0.1, -0.05) is 0 Å². The summed E-state index contributed by atoms with van der Waals surface area (Å²) in [5.41, 5.74) is 1.72. The van der Waals surface area contributed by atoms with Crippen LogP contribution in [0.3, 0.4) is 0 Å². The molecule has 0 aliphatic carbocycles. The highest BCUT2D eigenvalue weighted by Crippen LogP contribution is 2.33. The molecule has 1 aromatic heterocycles. The van der Waals surface area contributed by atoms with Crippen LogP contribution in [0.1, 0.15) is 26.2 Å². The Balaban J connectivity index is 1.97. The summed E-state index contributed by atoms with van der Waals surface area (Å²) in [6, 6.07) is 5.77. The van der Waals surface area contributed by atoms with Crippen LogP contribution in [-0.4, -0.2) is 43.9 Å². The Labute approximate surface area is 148 Å². The van der Waals surface area contributed by atoms with Gasteiger partial charge in [-0.3, -0.25) is 9.78 Å². The second kappa shape index (κ2) is 7.00. The molecule has 0 saturated carbocycles. The molecular formula is C18H23N3O3S. The van der Waals surface area contributed by atoms with Crippen molar-refractivity contribution in [2.75, 3.05) is 29.6 Å². The van der Waals surface area contributed by atoms with Gasteiger partial charge < -0.3 is 10.2 Å². The first kappa shape index (κ1) is 17.7. The van der Waals surface area contributed by atoms with Gasteiger partial charge in [-0.25, -0.2) is 8.42 Å². The van der Waals surface area contributed by atoms with Crippen molar-refractivity contribution in [2.45, 2.75) is 31.4 Å². The molecule has 134 valence electrons. The fourth-order valence-corrected chi connectivity index (χ4v) is 3.57. The average Bonchev–Trinajstić information content (AvgIpc) is 2.61. The molecular weight excluding hydrogens is 338 g/mol. The number of piperidine rings is 1. The standard InChI is InChI=1S/C18H23N3O3S/c1-13(25(2,23)24)18(22)20-16-6-7-17(21-10-4-3-5-11-21)14-8-9-19-12-15(14)16/h6-9,12-13H,3-5,10-11H2,1-2H3,(H,20,22)/t13-/m0/s1. The number of nitrogens with zero attached hydrogens (tertiary/aromatic N) is 2. The zero-order chi connectivity index (χ0) is 18.0. The first-order chi connectivity index (χ1) is 11.9. The molecule has 0 radical (unpaired) electrons. The maximum atomic E-state index is 12.3. The van der Waals surface area contributed by atoms with Crippen LogP contribution in [0.2, 0.25) is 0 Å². The Morgan fingerprint density at radius 2 is 1.88 bits per heavy atom. The van der Waals surface area contributed by atoms with E-state index in [1.165, 1.54) is 26.2 Å². The normalized spacial score (nSPS) is 16.6. The van der Waals surface area contributed by atoms with Crippen LogP contribution in [0.5, 0.6) is 0 Å². The molecule has 2 aromatic rings. The first-order valence-corrected chi connectivity index (χ1v) is 10.4. The molecule has 1 aliphatic rings. The largest absolute Gasteiger partial charge is 0.371 e. The molecule has 1 fully saturated rings. The monoisotopic (exact) mass is 361 g/mol. The highest BCUT2D eigenvalue weighted by atomic mass is 32.2. The number of aromatic nitrogens is 1. The van der Waals surface area contributed by atoms with E-state index in [1.54, 1.807) is 12.4 Å². The Morgan fingerprint density at radius 3 is 2.56 bits per heavy atom. The van der Waals surface area contributed by atoms with Gasteiger partial charge in [0.25, 0.3) is 0 Å². The Morgan fingerprint density at radius 1 is 1.16 bits per heavy atom. The van der Waals surface area contributed by atoms with Crippen molar-refractivity contribution in [3.05, 3.63) is 30.6 Å². The third-order valence-electron chi connectivity index (χ3n) is 4.76. The number of amides is 1. The number of hydrogen-bond acceptors (Lipinski definition) is 5. The van der Waals surface area contributed by atoms with Crippen LogP contribution < -0.4 is 10.2 Å². The summed E-state index contributed by atoms with van der Waals surface area (Å²) in [5, 5.41) is 3.48. The number of nitrogens with one attached hydrogen (secondary N) is 1. The summed E-state index contributed by atoms with van der Waals surface area (Å²) in [6.07, 6.45) is 8.13. The van der Waals surface area contributed by atoms with Gasteiger partial charge in [0.1, 0.15) is 5.25 Å². The quantitative estimate of drug-likeness (QED) is 0.905. The number of sulfone groups is 1. The van der Waals surface area contributed by atoms with Crippen molar-refractivity contribution in [2.24, 2.45) is 0 Å². The number of fused-ring (bicyclic) bond motifs is 1. The average molecular weight is 361 g/mol. The lowest BCUT2D eigenvalue weighted by molar-refractivity contribution is -0.115. The lowest BCUT2D eigenvalue weighted by atomic mass is 10.1. The van der Waals surface area contributed by atoms with Crippen LogP contribution in [0.4, 0.5) is 11.4 Å². The maximum absolute atomic E-state index is 12.3. The third kappa shape index (κ3) is 3.76. The number of rotatable bonds is 4. The third-order valence-corrected chi connectivity index (χ3v) is 6.26. The molecule has 1 saturated heterocycles. The van der Waals surface area contributed by atoms with Crippen LogP contribution in [-0.2, 0) is 14.6 Å². The highest BCUT2D eigenvalue weighted by Gasteiger charge is 2.24. The molecule has 2 heterocycles. The minimum atomic E-state index is -3.44. The lowest BCUT2D eigenvalue weighted by Crippen LogP contribution is -2.32. The molecule has 1 atom stereocenters. The molecule has 1 aromatic carbocycles. The van der Waals surface area contributed by atoms with Crippen LogP contribution in [0.15, 0.2) is 30.6 Å². The second-order valence-electron chi connectivity index (χ2n) is 6.56. The minimum Gasteiger partial charge on any atom is -0.371 e. The predicted octanol–water partition coefficient (Wildman–Crippen LogP) is 2.60. The summed E-state index contributed by atoms with van der Waals surface area (Å²) < 4.78 is 23.2. The van der Waals surface area contributed by atoms with E-state index in [0.29, 0.717) is 5.69 Å². The van der Waals surface area contributed by atoms with Crippen molar-refractivity contribution in [3.8, 4) is 0 Å². The van der Waals surface area contributed by atoms with Gasteiger partial charge in [0.2, 0.25) is 5.91 Å². The number of benzene rings is 1. The molecule has 1 N–H and O–H groups in total. The second-order valence-corrected chi connectivity index (χ2v) is 8.93. The van der Waals surface area contributed by atoms with Crippen molar-refractivity contribution in [3.63, 3.8) is 0 Å². The van der Waals surface area contributed by atoms with Gasteiger partial charge in [-0.15, -0.1) is 0 Å². The number of carbonyl (C=O) groups excluding carboxylic acids is 1. The molecule has 3 rings (SSSR count). The minimum absolute atomic E-state index is 0.529. The Bertz CT molecular complexity index is 890. The van der Waals surface area contributed by atoms with Gasteiger partial charge in [-0.05, 0) is 44.4 Å². The molecule has 25 heavy (non-hydrogen) atoms. The highest BCUT2D eigenvalue weighted by molar-refractivity contribution is 7.92. The van der Waals surface area contributed by atoms with Gasteiger partial charge in [0, 0.05) is 48.2 Å². The smallest absolute Gasteiger partial charge is 0.242 e. The van der Waals surface area contributed by atoms with Crippen LogP contribution >= 0.6 is 0 Å². The molecule has 1 aliphatic heterocycles. The van der Waals surface area contributed by atoms with E-state index in [1.807, 2.05) is 18.2 Å². The number of pyridine rings is 1. The number of anilines is 2. The van der Waals surface area contributed by atoms with Crippen molar-refractivity contribution in [1.29, 1.82) is 0 Å². The van der Waals surface area contributed by atoms with Gasteiger partial charge in [0.05, 0.1) is 5.69 Å². The van der Waals surface area contributed by atoms with Crippen LogP contribution in [0.25, 0.3) is 10.8 Å². The molecule has 0 unspecified atom stereocenters. The zero-order valence-electron chi connectivity index (χ0n) is 14.5. The van der Waals surface area contributed by atoms with E-state index in [-0.39, 0.29) is 0 Å². The summed E-state index contributed by atoms with van der Waals surface area (Å²) in [6.45, 7) is 3.44. The van der Waals surface area contributed by atoms with Gasteiger partial charge in [0.15, 0.2) is 9.84 Å². The molecule has 6 nitrogen and oxygen atoms in total. The van der Waals surface area contributed by atoms with Crippen molar-refractivity contribution >= 4 is 37.9 Å². The summed E-state index contributed by atoms with van der Waals surface area (Å²) >= 11 is 0. The van der Waals surface area contributed by atoms with Crippen molar-refractivity contribution in [1.82, 2.24) is 4.98 Å². The lowest BCUT2D eigenvalue weighted by Gasteiger charge is -2.30. The predicted molar refractivity (Wildman–Crippen MR) is 101 cm³/mol. The van der Waals surface area contributed by atoms with E-state index in [0.717, 1.165) is 35.8 Å². The maximum Gasteiger partial charge on any atom is 0.242 e. The van der Waals surface area contributed by atoms with E-state index in [4.69, 9.17) is 0 Å². The summed E-state index contributed by atoms with van der Waals surface area (Å²) in [7, 11) is -3.44. The zero-order valence-corrected chi connectivity index (χ0v) is 15.3.